The molecule has 0 aromatic rings. The van der Waals surface area contributed by atoms with Crippen molar-refractivity contribution in [2.45, 2.75) is 32.9 Å². The number of carbonyl (C=O) groups excluding carboxylic acids is 2. The van der Waals surface area contributed by atoms with Crippen LogP contribution in [0, 0.1) is 0 Å². The summed E-state index contributed by atoms with van der Waals surface area (Å²) in [7, 11) is 0. The Labute approximate surface area is 108 Å². The van der Waals surface area contributed by atoms with Gasteiger partial charge in [0.2, 0.25) is 0 Å². The Morgan fingerprint density at radius 2 is 1.72 bits per heavy atom. The monoisotopic (exact) mass is 258 g/mol. The highest BCUT2D eigenvalue weighted by atomic mass is 16.5. The molecule has 6 heteroatoms. The molecule has 1 unspecified atom stereocenters. The molecular formula is C12H22N2O4. The van der Waals surface area contributed by atoms with Gasteiger partial charge in [-0.2, -0.15) is 0 Å². The van der Waals surface area contributed by atoms with Crippen LogP contribution in [0.1, 0.15) is 26.7 Å². The van der Waals surface area contributed by atoms with Crippen molar-refractivity contribution in [3.05, 3.63) is 0 Å². The molecule has 1 aliphatic rings. The van der Waals surface area contributed by atoms with Crippen molar-refractivity contribution in [3.63, 3.8) is 0 Å². The van der Waals surface area contributed by atoms with E-state index < -0.39 is 0 Å². The van der Waals surface area contributed by atoms with Crippen LogP contribution in [0.3, 0.4) is 0 Å². The van der Waals surface area contributed by atoms with Crippen LogP contribution < -0.4 is 5.32 Å². The van der Waals surface area contributed by atoms with Gasteiger partial charge in [0.05, 0.1) is 32.5 Å². The Morgan fingerprint density at radius 3 is 2.11 bits per heavy atom. The fourth-order valence-corrected chi connectivity index (χ4v) is 2.00. The Kier molecular flexibility index (Phi) is 6.67. The van der Waals surface area contributed by atoms with E-state index in [1.54, 1.807) is 18.7 Å². The minimum absolute atomic E-state index is 0.0545. The lowest BCUT2D eigenvalue weighted by Crippen LogP contribution is -2.47. The third-order valence-corrected chi connectivity index (χ3v) is 2.75. The van der Waals surface area contributed by atoms with Gasteiger partial charge in [0, 0.05) is 0 Å². The number of esters is 2. The van der Waals surface area contributed by atoms with Crippen molar-refractivity contribution in [1.82, 2.24) is 10.2 Å². The van der Waals surface area contributed by atoms with E-state index in [-0.39, 0.29) is 31.2 Å². The molecule has 1 rings (SSSR count). The molecule has 0 spiro atoms. The Balaban J connectivity index is 2.51. The predicted molar refractivity (Wildman–Crippen MR) is 65.9 cm³/mol. The smallest absolute Gasteiger partial charge is 0.320 e. The van der Waals surface area contributed by atoms with Crippen molar-refractivity contribution in [2.75, 3.05) is 32.8 Å². The molecule has 0 aromatic carbocycles. The summed E-state index contributed by atoms with van der Waals surface area (Å²) >= 11 is 0. The van der Waals surface area contributed by atoms with Gasteiger partial charge in [-0.1, -0.05) is 0 Å². The number of hydrogen-bond acceptors (Lipinski definition) is 6. The summed E-state index contributed by atoms with van der Waals surface area (Å²) in [6, 6.07) is 0. The zero-order chi connectivity index (χ0) is 13.4. The van der Waals surface area contributed by atoms with Crippen LogP contribution in [-0.4, -0.2) is 55.9 Å². The van der Waals surface area contributed by atoms with Gasteiger partial charge in [0.15, 0.2) is 0 Å². The molecule has 0 aromatic heterocycles. The number of nitrogens with zero attached hydrogens (tertiary/aromatic N) is 1. The van der Waals surface area contributed by atoms with Crippen LogP contribution in [0.5, 0.6) is 0 Å². The molecule has 0 bridgehead atoms. The van der Waals surface area contributed by atoms with Crippen molar-refractivity contribution in [1.29, 1.82) is 0 Å². The second kappa shape index (κ2) is 8.05. The number of nitrogens with one attached hydrogen (secondary N) is 1. The largest absolute Gasteiger partial charge is 0.465 e. The second-order valence-corrected chi connectivity index (χ2v) is 4.13. The molecule has 104 valence electrons. The van der Waals surface area contributed by atoms with E-state index in [0.717, 1.165) is 19.4 Å². The first-order chi connectivity index (χ1) is 8.67. The molecule has 1 fully saturated rings. The van der Waals surface area contributed by atoms with E-state index in [1.807, 2.05) is 0 Å². The first-order valence-electron chi connectivity index (χ1n) is 6.46. The first kappa shape index (κ1) is 14.9. The van der Waals surface area contributed by atoms with Gasteiger partial charge >= 0.3 is 11.9 Å². The van der Waals surface area contributed by atoms with E-state index in [9.17, 15) is 9.59 Å². The molecule has 0 aliphatic carbocycles. The molecule has 1 heterocycles. The summed E-state index contributed by atoms with van der Waals surface area (Å²) in [5, 5.41) is 3.26. The van der Waals surface area contributed by atoms with E-state index in [4.69, 9.17) is 9.47 Å². The molecule has 0 radical (unpaired) electrons. The average Bonchev–Trinajstić information content (AvgIpc) is 2.82. The second-order valence-electron chi connectivity index (χ2n) is 4.13. The normalized spacial score (nSPS) is 18.9. The van der Waals surface area contributed by atoms with Gasteiger partial charge in [-0.25, -0.2) is 0 Å². The molecule has 1 atom stereocenters. The van der Waals surface area contributed by atoms with Crippen molar-refractivity contribution in [3.8, 4) is 0 Å². The molecule has 1 N–H and O–H groups in total. The summed E-state index contributed by atoms with van der Waals surface area (Å²) in [6.07, 6.45) is 2.03. The summed E-state index contributed by atoms with van der Waals surface area (Å²) in [6.45, 7) is 5.37. The maximum Gasteiger partial charge on any atom is 0.320 e. The maximum atomic E-state index is 11.5. The van der Waals surface area contributed by atoms with Crippen LogP contribution in [-0.2, 0) is 19.1 Å². The van der Waals surface area contributed by atoms with Crippen molar-refractivity contribution < 1.29 is 19.1 Å². The minimum atomic E-state index is -0.310. The van der Waals surface area contributed by atoms with Crippen LogP contribution >= 0.6 is 0 Å². The number of hydrogen-bond donors (Lipinski definition) is 1. The van der Waals surface area contributed by atoms with Gasteiger partial charge in [-0.3, -0.25) is 14.5 Å². The molecular weight excluding hydrogens is 236 g/mol. The quantitative estimate of drug-likeness (QED) is 0.654. The zero-order valence-corrected chi connectivity index (χ0v) is 11.1. The van der Waals surface area contributed by atoms with Gasteiger partial charge < -0.3 is 14.8 Å². The van der Waals surface area contributed by atoms with E-state index in [2.05, 4.69) is 5.32 Å². The maximum absolute atomic E-state index is 11.5. The highest BCUT2D eigenvalue weighted by Gasteiger charge is 2.26. The molecule has 1 aliphatic heterocycles. The summed E-state index contributed by atoms with van der Waals surface area (Å²) < 4.78 is 9.83. The number of ether oxygens (including phenoxy) is 2. The summed E-state index contributed by atoms with van der Waals surface area (Å²) in [5.41, 5.74) is 0. The Bertz CT molecular complexity index is 257. The lowest BCUT2D eigenvalue weighted by molar-refractivity contribution is -0.149. The average molecular weight is 258 g/mol. The summed E-state index contributed by atoms with van der Waals surface area (Å²) in [5.74, 6) is -0.619. The van der Waals surface area contributed by atoms with Crippen LogP contribution in [0.15, 0.2) is 0 Å². The molecule has 0 saturated carbocycles. The third kappa shape index (κ3) is 5.01. The first-order valence-corrected chi connectivity index (χ1v) is 6.46. The lowest BCUT2D eigenvalue weighted by Gasteiger charge is -2.26. The number of carbonyl (C=O) groups is 2. The van der Waals surface area contributed by atoms with E-state index in [0.29, 0.717) is 13.2 Å². The Morgan fingerprint density at radius 1 is 1.17 bits per heavy atom. The van der Waals surface area contributed by atoms with Gasteiger partial charge in [0.25, 0.3) is 0 Å². The van der Waals surface area contributed by atoms with Gasteiger partial charge in [-0.05, 0) is 33.2 Å². The third-order valence-electron chi connectivity index (χ3n) is 2.75. The lowest BCUT2D eigenvalue weighted by atomic mass is 10.3. The predicted octanol–water partition coefficient (Wildman–Crippen LogP) is 0.124. The highest BCUT2D eigenvalue weighted by molar-refractivity contribution is 5.75. The van der Waals surface area contributed by atoms with Crippen molar-refractivity contribution in [2.24, 2.45) is 0 Å². The highest BCUT2D eigenvalue weighted by Crippen LogP contribution is 2.10. The van der Waals surface area contributed by atoms with Crippen LogP contribution in [0.4, 0.5) is 0 Å². The standard InChI is InChI=1S/C12H22N2O4/c1-3-17-11(15)8-14(9-12(16)18-4-2)10-6-5-7-13-10/h10,13H,3-9H2,1-2H3. The van der Waals surface area contributed by atoms with Gasteiger partial charge in [-0.15, -0.1) is 0 Å². The molecule has 18 heavy (non-hydrogen) atoms. The fourth-order valence-electron chi connectivity index (χ4n) is 2.00. The topological polar surface area (TPSA) is 67.9 Å². The zero-order valence-electron chi connectivity index (χ0n) is 11.1. The van der Waals surface area contributed by atoms with E-state index >= 15 is 0 Å². The van der Waals surface area contributed by atoms with E-state index in [1.165, 1.54) is 0 Å². The molecule has 0 amide bonds. The van der Waals surface area contributed by atoms with Crippen LogP contribution in [0.25, 0.3) is 0 Å². The number of rotatable bonds is 7. The summed E-state index contributed by atoms with van der Waals surface area (Å²) in [4.78, 5) is 24.8. The minimum Gasteiger partial charge on any atom is -0.465 e. The van der Waals surface area contributed by atoms with Crippen LogP contribution in [0.2, 0.25) is 0 Å². The SMILES string of the molecule is CCOC(=O)CN(CC(=O)OCC)C1CCCN1. The fraction of sp³-hybridized carbons (Fsp3) is 0.833. The molecule has 1 saturated heterocycles. The molecule has 6 nitrogen and oxygen atoms in total. The van der Waals surface area contributed by atoms with Crippen molar-refractivity contribution >= 4 is 11.9 Å². The van der Waals surface area contributed by atoms with Gasteiger partial charge in [0.1, 0.15) is 0 Å². The Hall–Kier alpha value is -1.14.